The van der Waals surface area contributed by atoms with Crippen LogP contribution in [0.3, 0.4) is 0 Å². The van der Waals surface area contributed by atoms with Crippen molar-refractivity contribution in [2.24, 2.45) is 4.99 Å². The third-order valence-electron chi connectivity index (χ3n) is 4.64. The van der Waals surface area contributed by atoms with Gasteiger partial charge in [-0.2, -0.15) is 0 Å². The molecule has 0 aliphatic carbocycles. The number of anilines is 2. The number of nitrogens with one attached hydrogen (secondary N) is 3. The number of nitrogens with zero attached hydrogens (tertiary/aromatic N) is 1. The van der Waals surface area contributed by atoms with Crippen LogP contribution in [0.15, 0.2) is 83.9 Å². The Morgan fingerprint density at radius 3 is 1.91 bits per heavy atom. The normalized spacial score (nSPS) is 10.6. The minimum atomic E-state index is -1.00. The monoisotopic (exact) mass is 474 g/mol. The Kier molecular flexibility index (Phi) is 8.28. The predicted molar refractivity (Wildman–Crippen MR) is 130 cm³/mol. The van der Waals surface area contributed by atoms with Gasteiger partial charge in [-0.1, -0.05) is 48.5 Å². The van der Waals surface area contributed by atoms with Crippen LogP contribution < -0.4 is 16.0 Å². The number of aliphatic imine (C=N–C) groups is 1. The summed E-state index contributed by atoms with van der Waals surface area (Å²) in [6.07, 6.45) is -1.91. The Bertz CT molecular complexity index is 1260. The first kappa shape index (κ1) is 24.6. The van der Waals surface area contributed by atoms with E-state index in [1.807, 2.05) is 0 Å². The summed E-state index contributed by atoms with van der Waals surface area (Å²) in [6.45, 7) is 0. The van der Waals surface area contributed by atoms with Crippen molar-refractivity contribution in [3.63, 3.8) is 0 Å². The summed E-state index contributed by atoms with van der Waals surface area (Å²) in [5, 5.41) is 7.75. The molecule has 0 aliphatic rings. The van der Waals surface area contributed by atoms with Crippen LogP contribution in [0.1, 0.15) is 26.3 Å². The third kappa shape index (κ3) is 6.75. The maximum Gasteiger partial charge on any atom is 0.436 e. The van der Waals surface area contributed by atoms with Gasteiger partial charge < -0.3 is 20.1 Å². The van der Waals surface area contributed by atoms with E-state index >= 15 is 0 Å². The summed E-state index contributed by atoms with van der Waals surface area (Å²) in [5.41, 5.74) is 1.57. The van der Waals surface area contributed by atoms with E-state index in [0.717, 1.165) is 14.2 Å². The summed E-state index contributed by atoms with van der Waals surface area (Å²) in [4.78, 5) is 52.8. The number of amides is 3. The van der Waals surface area contributed by atoms with Gasteiger partial charge in [0.1, 0.15) is 0 Å². The average Bonchev–Trinajstić information content (AvgIpc) is 2.89. The number of rotatable bonds is 5. The number of carbonyl (C=O) groups is 4. The van der Waals surface area contributed by atoms with E-state index in [1.165, 1.54) is 12.1 Å². The number of benzene rings is 3. The fourth-order valence-corrected chi connectivity index (χ4v) is 2.94. The van der Waals surface area contributed by atoms with Gasteiger partial charge in [-0.25, -0.2) is 9.59 Å². The van der Waals surface area contributed by atoms with Gasteiger partial charge >= 0.3 is 12.2 Å². The lowest BCUT2D eigenvalue weighted by Gasteiger charge is -2.16. The number of methoxy groups -OCH3 is 2. The fraction of sp³-hybridized carbons (Fsp3) is 0.0800. The molecule has 10 heteroatoms. The number of guanidine groups is 1. The summed E-state index contributed by atoms with van der Waals surface area (Å²) < 4.78 is 9.08. The van der Waals surface area contributed by atoms with Crippen LogP contribution in [0, 0.1) is 0 Å². The molecule has 3 amide bonds. The Labute approximate surface area is 201 Å². The van der Waals surface area contributed by atoms with Crippen LogP contribution in [0.2, 0.25) is 0 Å². The van der Waals surface area contributed by atoms with Gasteiger partial charge in [0.15, 0.2) is 5.78 Å². The first-order chi connectivity index (χ1) is 16.9. The SMILES string of the molecule is COC(=O)/N=C(/NC(=O)OC)Nc1cc(C(=O)c2ccccc2)ccc1NC(=O)c1ccccc1. The van der Waals surface area contributed by atoms with Gasteiger partial charge in [0.2, 0.25) is 5.96 Å². The standard InChI is InChI=1S/C25H22N4O6/c1-34-24(32)28-23(29-25(33)35-2)27-20-15-18(21(30)16-9-5-3-6-10-16)13-14-19(20)26-22(31)17-11-7-4-8-12-17/h3-15H,1-2H3,(H,26,31)(H2,27,28,29,32,33). The number of hydrogen-bond acceptors (Lipinski definition) is 6. The molecule has 0 atom stereocenters. The fourth-order valence-electron chi connectivity index (χ4n) is 2.94. The molecule has 3 rings (SSSR count). The highest BCUT2D eigenvalue weighted by Gasteiger charge is 2.17. The molecule has 3 aromatic rings. The molecule has 0 bridgehead atoms. The molecule has 0 saturated carbocycles. The van der Waals surface area contributed by atoms with Crippen LogP contribution >= 0.6 is 0 Å². The molecule has 0 aromatic heterocycles. The molecule has 3 N–H and O–H groups in total. The van der Waals surface area contributed by atoms with E-state index in [-0.39, 0.29) is 28.7 Å². The van der Waals surface area contributed by atoms with Crippen molar-refractivity contribution in [1.82, 2.24) is 5.32 Å². The van der Waals surface area contributed by atoms with Crippen molar-refractivity contribution >= 4 is 41.2 Å². The molecule has 10 nitrogen and oxygen atoms in total. The Morgan fingerprint density at radius 1 is 0.686 bits per heavy atom. The number of ether oxygens (including phenoxy) is 2. The molecular formula is C25H22N4O6. The molecule has 35 heavy (non-hydrogen) atoms. The van der Waals surface area contributed by atoms with Crippen molar-refractivity contribution in [2.45, 2.75) is 0 Å². The average molecular weight is 474 g/mol. The molecule has 0 spiro atoms. The molecule has 178 valence electrons. The topological polar surface area (TPSA) is 135 Å². The van der Waals surface area contributed by atoms with E-state index < -0.39 is 18.1 Å². The van der Waals surface area contributed by atoms with Gasteiger partial charge in [-0.05, 0) is 30.3 Å². The summed E-state index contributed by atoms with van der Waals surface area (Å²) in [6, 6.07) is 21.6. The molecule has 3 aromatic carbocycles. The summed E-state index contributed by atoms with van der Waals surface area (Å²) in [7, 11) is 2.25. The Morgan fingerprint density at radius 2 is 1.31 bits per heavy atom. The molecule has 0 unspecified atom stereocenters. The zero-order valence-electron chi connectivity index (χ0n) is 18.9. The lowest BCUT2D eigenvalue weighted by atomic mass is 10.0. The van der Waals surface area contributed by atoms with E-state index in [4.69, 9.17) is 0 Å². The highest BCUT2D eigenvalue weighted by molar-refractivity contribution is 6.13. The van der Waals surface area contributed by atoms with Gasteiger partial charge in [0.05, 0.1) is 25.6 Å². The van der Waals surface area contributed by atoms with Crippen LogP contribution in [0.4, 0.5) is 21.0 Å². The van der Waals surface area contributed by atoms with Gasteiger partial charge in [-0.3, -0.25) is 14.9 Å². The van der Waals surface area contributed by atoms with Gasteiger partial charge in [0, 0.05) is 16.7 Å². The highest BCUT2D eigenvalue weighted by atomic mass is 16.5. The smallest absolute Gasteiger partial charge is 0.436 e. The second-order valence-electron chi connectivity index (χ2n) is 6.95. The maximum absolute atomic E-state index is 13.0. The zero-order chi connectivity index (χ0) is 25.2. The van der Waals surface area contributed by atoms with E-state index in [2.05, 4.69) is 30.4 Å². The molecular weight excluding hydrogens is 452 g/mol. The lowest BCUT2D eigenvalue weighted by Crippen LogP contribution is -2.37. The lowest BCUT2D eigenvalue weighted by molar-refractivity contribution is 0.102. The van der Waals surface area contributed by atoms with Crippen molar-refractivity contribution in [1.29, 1.82) is 0 Å². The largest absolute Gasteiger partial charge is 0.453 e. The van der Waals surface area contributed by atoms with Crippen molar-refractivity contribution in [3.05, 3.63) is 95.6 Å². The van der Waals surface area contributed by atoms with Crippen LogP contribution in [-0.2, 0) is 9.47 Å². The summed E-state index contributed by atoms with van der Waals surface area (Å²) >= 11 is 0. The number of carbonyl (C=O) groups excluding carboxylic acids is 4. The predicted octanol–water partition coefficient (Wildman–Crippen LogP) is 4.06. The van der Waals surface area contributed by atoms with E-state index in [9.17, 15) is 19.2 Å². The molecule has 0 saturated heterocycles. The van der Waals surface area contributed by atoms with Crippen molar-refractivity contribution < 1.29 is 28.7 Å². The first-order valence-corrected chi connectivity index (χ1v) is 10.3. The minimum absolute atomic E-state index is 0.176. The Hall–Kier alpha value is -4.99. The van der Waals surface area contributed by atoms with E-state index in [1.54, 1.807) is 66.7 Å². The zero-order valence-corrected chi connectivity index (χ0v) is 18.9. The molecule has 0 aliphatic heterocycles. The van der Waals surface area contributed by atoms with Gasteiger partial charge in [-0.15, -0.1) is 4.99 Å². The number of alkyl carbamates (subject to hydrolysis) is 1. The molecule has 0 radical (unpaired) electrons. The second kappa shape index (κ2) is 11.8. The third-order valence-corrected chi connectivity index (χ3v) is 4.64. The van der Waals surface area contributed by atoms with Crippen molar-refractivity contribution in [3.8, 4) is 0 Å². The van der Waals surface area contributed by atoms with Gasteiger partial charge in [0.25, 0.3) is 5.91 Å². The quantitative estimate of drug-likeness (QED) is 0.288. The highest BCUT2D eigenvalue weighted by Crippen LogP contribution is 2.26. The second-order valence-corrected chi connectivity index (χ2v) is 6.95. The molecule has 0 fully saturated rings. The number of ketones is 1. The van der Waals surface area contributed by atoms with Crippen LogP contribution in [-0.4, -0.2) is 44.1 Å². The minimum Gasteiger partial charge on any atom is -0.453 e. The molecule has 0 heterocycles. The van der Waals surface area contributed by atoms with E-state index in [0.29, 0.717) is 11.1 Å². The van der Waals surface area contributed by atoms with Crippen LogP contribution in [0.5, 0.6) is 0 Å². The number of hydrogen-bond donors (Lipinski definition) is 3. The van der Waals surface area contributed by atoms with Crippen molar-refractivity contribution in [2.75, 3.05) is 24.9 Å². The Balaban J connectivity index is 2.01. The summed E-state index contributed by atoms with van der Waals surface area (Å²) in [5.74, 6) is -1.03. The first-order valence-electron chi connectivity index (χ1n) is 10.3. The van der Waals surface area contributed by atoms with Crippen LogP contribution in [0.25, 0.3) is 0 Å². The maximum atomic E-state index is 13.0.